The molecule has 0 spiro atoms. The normalized spacial score (nSPS) is 17.1. The van der Waals surface area contributed by atoms with E-state index in [0.29, 0.717) is 17.6 Å². The Kier molecular flexibility index (Phi) is 4.05. The highest BCUT2D eigenvalue weighted by molar-refractivity contribution is 5.59. The molecule has 2 heterocycles. The van der Waals surface area contributed by atoms with Crippen LogP contribution in [0.15, 0.2) is 36.7 Å². The molecule has 112 valence electrons. The zero-order chi connectivity index (χ0) is 15.4. The Morgan fingerprint density at radius 2 is 2.18 bits per heavy atom. The third-order valence-corrected chi connectivity index (χ3v) is 3.73. The second kappa shape index (κ2) is 6.31. The van der Waals surface area contributed by atoms with Crippen molar-refractivity contribution in [3.63, 3.8) is 0 Å². The molecule has 1 aliphatic rings. The summed E-state index contributed by atoms with van der Waals surface area (Å²) in [7, 11) is 1.69. The summed E-state index contributed by atoms with van der Waals surface area (Å²) in [6.07, 6.45) is 4.10. The summed E-state index contributed by atoms with van der Waals surface area (Å²) >= 11 is 0. The number of methoxy groups -OCH3 is 1. The number of hydrogen-bond acceptors (Lipinski definition) is 6. The van der Waals surface area contributed by atoms with Crippen LogP contribution in [0.1, 0.15) is 12.1 Å². The maximum absolute atomic E-state index is 8.73. The van der Waals surface area contributed by atoms with Gasteiger partial charge in [0, 0.05) is 19.1 Å². The zero-order valence-electron chi connectivity index (χ0n) is 12.4. The fraction of sp³-hybridized carbons (Fsp3) is 0.312. The van der Waals surface area contributed by atoms with Crippen LogP contribution in [-0.4, -0.2) is 36.2 Å². The molecule has 3 rings (SSSR count). The SMILES string of the molecule is COc1ccccc1N1CCC(Nc2cnc(C#N)cn2)C1. The van der Waals surface area contributed by atoms with Crippen LogP contribution in [0.2, 0.25) is 0 Å². The summed E-state index contributed by atoms with van der Waals surface area (Å²) < 4.78 is 5.42. The highest BCUT2D eigenvalue weighted by Gasteiger charge is 2.24. The number of aromatic nitrogens is 2. The van der Waals surface area contributed by atoms with E-state index in [4.69, 9.17) is 10.00 Å². The number of benzene rings is 1. The lowest BCUT2D eigenvalue weighted by Gasteiger charge is -2.21. The molecule has 0 aliphatic carbocycles. The molecular weight excluding hydrogens is 278 g/mol. The van der Waals surface area contributed by atoms with Crippen LogP contribution in [-0.2, 0) is 0 Å². The van der Waals surface area contributed by atoms with Gasteiger partial charge in [-0.05, 0) is 18.6 Å². The number of para-hydroxylation sites is 2. The lowest BCUT2D eigenvalue weighted by molar-refractivity contribution is 0.415. The number of ether oxygens (including phenoxy) is 1. The Morgan fingerprint density at radius 3 is 2.91 bits per heavy atom. The Labute approximate surface area is 129 Å². The number of nitrogens with zero attached hydrogens (tertiary/aromatic N) is 4. The van der Waals surface area contributed by atoms with Crippen molar-refractivity contribution in [3.05, 3.63) is 42.4 Å². The van der Waals surface area contributed by atoms with Gasteiger partial charge in [0.1, 0.15) is 17.6 Å². The average Bonchev–Trinajstić information content (AvgIpc) is 3.04. The van der Waals surface area contributed by atoms with Crippen molar-refractivity contribution in [2.75, 3.05) is 30.4 Å². The van der Waals surface area contributed by atoms with Gasteiger partial charge in [0.15, 0.2) is 5.69 Å². The summed E-state index contributed by atoms with van der Waals surface area (Å²) in [4.78, 5) is 10.5. The van der Waals surface area contributed by atoms with Crippen molar-refractivity contribution in [1.82, 2.24) is 9.97 Å². The molecule has 22 heavy (non-hydrogen) atoms. The predicted molar refractivity (Wildman–Crippen MR) is 84.0 cm³/mol. The zero-order valence-corrected chi connectivity index (χ0v) is 12.4. The van der Waals surface area contributed by atoms with Crippen molar-refractivity contribution >= 4 is 11.5 Å². The Balaban J connectivity index is 1.66. The molecular formula is C16H17N5O. The second-order valence-corrected chi connectivity index (χ2v) is 5.15. The first-order chi connectivity index (χ1) is 10.8. The maximum atomic E-state index is 8.73. The van der Waals surface area contributed by atoms with Crippen LogP contribution < -0.4 is 15.0 Å². The van der Waals surface area contributed by atoms with E-state index in [2.05, 4.69) is 26.3 Å². The second-order valence-electron chi connectivity index (χ2n) is 5.15. The molecule has 0 radical (unpaired) electrons. The van der Waals surface area contributed by atoms with E-state index < -0.39 is 0 Å². The molecule has 1 N–H and O–H groups in total. The molecule has 6 heteroatoms. The summed E-state index contributed by atoms with van der Waals surface area (Å²) in [6, 6.07) is 10.3. The largest absolute Gasteiger partial charge is 0.495 e. The predicted octanol–water partition coefficient (Wildman–Crippen LogP) is 2.05. The van der Waals surface area contributed by atoms with Crippen LogP contribution in [0.5, 0.6) is 5.75 Å². The minimum Gasteiger partial charge on any atom is -0.495 e. The van der Waals surface area contributed by atoms with Crippen molar-refractivity contribution < 1.29 is 4.74 Å². The molecule has 2 aromatic rings. The van der Waals surface area contributed by atoms with Gasteiger partial charge in [-0.1, -0.05) is 12.1 Å². The van der Waals surface area contributed by atoms with E-state index in [1.165, 1.54) is 6.20 Å². The number of hydrogen-bond donors (Lipinski definition) is 1. The molecule has 1 saturated heterocycles. The van der Waals surface area contributed by atoms with Crippen molar-refractivity contribution in [3.8, 4) is 11.8 Å². The summed E-state index contributed by atoms with van der Waals surface area (Å²) in [5.74, 6) is 1.59. The Morgan fingerprint density at radius 1 is 1.32 bits per heavy atom. The van der Waals surface area contributed by atoms with E-state index in [1.807, 2.05) is 24.3 Å². The van der Waals surface area contributed by atoms with Gasteiger partial charge in [-0.15, -0.1) is 0 Å². The van der Waals surface area contributed by atoms with E-state index in [9.17, 15) is 0 Å². The summed E-state index contributed by atoms with van der Waals surface area (Å²) in [5, 5.41) is 12.1. The molecule has 0 bridgehead atoms. The molecule has 0 saturated carbocycles. The molecule has 0 amide bonds. The molecule has 1 aromatic heterocycles. The lowest BCUT2D eigenvalue weighted by atomic mass is 10.2. The first kappa shape index (κ1) is 14.1. The van der Waals surface area contributed by atoms with Crippen LogP contribution in [0, 0.1) is 11.3 Å². The highest BCUT2D eigenvalue weighted by atomic mass is 16.5. The molecule has 1 aromatic carbocycles. The first-order valence-corrected chi connectivity index (χ1v) is 7.17. The monoisotopic (exact) mass is 295 g/mol. The fourth-order valence-electron chi connectivity index (χ4n) is 2.66. The molecule has 1 aliphatic heterocycles. The van der Waals surface area contributed by atoms with Crippen LogP contribution in [0.3, 0.4) is 0 Å². The standard InChI is InChI=1S/C16H17N5O/c1-22-15-5-3-2-4-14(15)21-7-6-12(11-21)20-16-10-18-13(8-17)9-19-16/h2-5,9-10,12H,6-7,11H2,1H3,(H,19,20). The minimum absolute atomic E-state index is 0.298. The van der Waals surface area contributed by atoms with Gasteiger partial charge in [-0.25, -0.2) is 9.97 Å². The van der Waals surface area contributed by atoms with Crippen LogP contribution in [0.4, 0.5) is 11.5 Å². The molecule has 1 atom stereocenters. The first-order valence-electron chi connectivity index (χ1n) is 7.17. The van der Waals surface area contributed by atoms with Crippen molar-refractivity contribution in [1.29, 1.82) is 5.26 Å². The van der Waals surface area contributed by atoms with E-state index >= 15 is 0 Å². The van der Waals surface area contributed by atoms with Gasteiger partial charge in [0.05, 0.1) is 25.2 Å². The van der Waals surface area contributed by atoms with Gasteiger partial charge in [-0.3, -0.25) is 0 Å². The smallest absolute Gasteiger partial charge is 0.158 e. The number of anilines is 2. The summed E-state index contributed by atoms with van der Waals surface area (Å²) in [5.41, 5.74) is 1.44. The summed E-state index contributed by atoms with van der Waals surface area (Å²) in [6.45, 7) is 1.84. The van der Waals surface area contributed by atoms with Gasteiger partial charge in [0.25, 0.3) is 0 Å². The maximum Gasteiger partial charge on any atom is 0.158 e. The van der Waals surface area contributed by atoms with Gasteiger partial charge in [-0.2, -0.15) is 5.26 Å². The van der Waals surface area contributed by atoms with Gasteiger partial charge in [0.2, 0.25) is 0 Å². The van der Waals surface area contributed by atoms with Gasteiger partial charge >= 0.3 is 0 Å². The van der Waals surface area contributed by atoms with E-state index in [0.717, 1.165) is 30.9 Å². The lowest BCUT2D eigenvalue weighted by Crippen LogP contribution is -2.26. The molecule has 1 unspecified atom stereocenters. The molecule has 6 nitrogen and oxygen atoms in total. The van der Waals surface area contributed by atoms with E-state index in [-0.39, 0.29) is 0 Å². The minimum atomic E-state index is 0.298. The van der Waals surface area contributed by atoms with Crippen molar-refractivity contribution in [2.24, 2.45) is 0 Å². The van der Waals surface area contributed by atoms with Crippen LogP contribution >= 0.6 is 0 Å². The highest BCUT2D eigenvalue weighted by Crippen LogP contribution is 2.30. The third-order valence-electron chi connectivity index (χ3n) is 3.73. The quantitative estimate of drug-likeness (QED) is 0.930. The molecule has 1 fully saturated rings. The number of nitrogens with one attached hydrogen (secondary N) is 1. The Hall–Kier alpha value is -2.81. The third kappa shape index (κ3) is 2.93. The van der Waals surface area contributed by atoms with Gasteiger partial charge < -0.3 is 15.0 Å². The average molecular weight is 295 g/mol. The number of nitriles is 1. The number of rotatable bonds is 4. The van der Waals surface area contributed by atoms with Crippen LogP contribution in [0.25, 0.3) is 0 Å². The Bertz CT molecular complexity index is 680. The van der Waals surface area contributed by atoms with E-state index in [1.54, 1.807) is 13.3 Å². The van der Waals surface area contributed by atoms with Crippen molar-refractivity contribution in [2.45, 2.75) is 12.5 Å². The topological polar surface area (TPSA) is 74.1 Å². The fourth-order valence-corrected chi connectivity index (χ4v) is 2.66.